The third kappa shape index (κ3) is 5.08. The van der Waals surface area contributed by atoms with Gasteiger partial charge < -0.3 is 19.2 Å². The van der Waals surface area contributed by atoms with Crippen molar-refractivity contribution in [1.29, 1.82) is 0 Å². The Morgan fingerprint density at radius 2 is 1.85 bits per heavy atom. The molecule has 1 aliphatic rings. The summed E-state index contributed by atoms with van der Waals surface area (Å²) >= 11 is 0. The van der Waals surface area contributed by atoms with Crippen molar-refractivity contribution in [3.8, 4) is 17.2 Å². The number of carbonyl (C=O) groups is 2. The number of benzene rings is 2. The van der Waals surface area contributed by atoms with Gasteiger partial charge in [0.15, 0.2) is 0 Å². The number of rotatable bonds is 9. The maximum absolute atomic E-state index is 12.3. The SMILES string of the molecule is CCC(=O)N1Cc2c(CCC(=O)O)ccc(OCCc3nc(-c4ccccc4)oc3C)c2C1. The van der Waals surface area contributed by atoms with Gasteiger partial charge in [0.2, 0.25) is 11.8 Å². The van der Waals surface area contributed by atoms with Gasteiger partial charge in [0, 0.05) is 43.5 Å². The molecule has 172 valence electrons. The lowest BCUT2D eigenvalue weighted by molar-refractivity contribution is -0.137. The second-order valence-corrected chi connectivity index (χ2v) is 8.16. The number of fused-ring (bicyclic) bond motifs is 1. The third-order valence-corrected chi connectivity index (χ3v) is 5.96. The van der Waals surface area contributed by atoms with E-state index in [4.69, 9.17) is 14.3 Å². The van der Waals surface area contributed by atoms with Crippen LogP contribution in [0.3, 0.4) is 0 Å². The second kappa shape index (κ2) is 9.90. The summed E-state index contributed by atoms with van der Waals surface area (Å²) in [5.74, 6) is 1.35. The highest BCUT2D eigenvalue weighted by atomic mass is 16.5. The fourth-order valence-electron chi connectivity index (χ4n) is 4.16. The van der Waals surface area contributed by atoms with Crippen LogP contribution in [0.25, 0.3) is 11.5 Å². The van der Waals surface area contributed by atoms with Gasteiger partial charge in [-0.15, -0.1) is 0 Å². The van der Waals surface area contributed by atoms with Gasteiger partial charge in [0.05, 0.1) is 12.3 Å². The van der Waals surface area contributed by atoms with Crippen molar-refractivity contribution >= 4 is 11.9 Å². The van der Waals surface area contributed by atoms with E-state index in [0.29, 0.717) is 44.8 Å². The molecule has 2 heterocycles. The highest BCUT2D eigenvalue weighted by molar-refractivity contribution is 5.77. The maximum atomic E-state index is 12.3. The van der Waals surface area contributed by atoms with Crippen LogP contribution in [0.5, 0.6) is 5.75 Å². The second-order valence-electron chi connectivity index (χ2n) is 8.16. The van der Waals surface area contributed by atoms with E-state index in [1.165, 1.54) is 0 Å². The number of hydrogen-bond acceptors (Lipinski definition) is 5. The van der Waals surface area contributed by atoms with Crippen molar-refractivity contribution in [2.75, 3.05) is 6.61 Å². The molecule has 0 saturated heterocycles. The lowest BCUT2D eigenvalue weighted by Crippen LogP contribution is -2.24. The molecule has 0 bridgehead atoms. The zero-order valence-corrected chi connectivity index (χ0v) is 19.0. The molecule has 0 spiro atoms. The van der Waals surface area contributed by atoms with Crippen LogP contribution in [0.15, 0.2) is 46.9 Å². The van der Waals surface area contributed by atoms with Gasteiger partial charge >= 0.3 is 5.97 Å². The lowest BCUT2D eigenvalue weighted by atomic mass is 9.99. The van der Waals surface area contributed by atoms with Gasteiger partial charge in [-0.05, 0) is 42.7 Å². The highest BCUT2D eigenvalue weighted by Crippen LogP contribution is 2.35. The van der Waals surface area contributed by atoms with Crippen molar-refractivity contribution in [1.82, 2.24) is 9.88 Å². The Morgan fingerprint density at radius 1 is 1.09 bits per heavy atom. The predicted molar refractivity (Wildman–Crippen MR) is 123 cm³/mol. The van der Waals surface area contributed by atoms with E-state index < -0.39 is 5.97 Å². The summed E-state index contributed by atoms with van der Waals surface area (Å²) < 4.78 is 12.0. The number of aliphatic carboxylic acids is 1. The van der Waals surface area contributed by atoms with Crippen LogP contribution in [-0.2, 0) is 35.5 Å². The minimum absolute atomic E-state index is 0.0591. The molecule has 1 aromatic heterocycles. The summed E-state index contributed by atoms with van der Waals surface area (Å²) in [7, 11) is 0. The van der Waals surface area contributed by atoms with Gasteiger partial charge in [-0.1, -0.05) is 31.2 Å². The number of carboxylic acids is 1. The first-order chi connectivity index (χ1) is 16.0. The first-order valence-corrected chi connectivity index (χ1v) is 11.2. The largest absolute Gasteiger partial charge is 0.493 e. The monoisotopic (exact) mass is 448 g/mol. The summed E-state index contributed by atoms with van der Waals surface area (Å²) in [6.45, 7) is 5.15. The molecule has 7 nitrogen and oxygen atoms in total. The molecule has 1 N–H and O–H groups in total. The molecule has 0 atom stereocenters. The highest BCUT2D eigenvalue weighted by Gasteiger charge is 2.28. The smallest absolute Gasteiger partial charge is 0.303 e. The Bertz CT molecular complexity index is 1150. The van der Waals surface area contributed by atoms with Crippen molar-refractivity contribution in [3.63, 3.8) is 0 Å². The van der Waals surface area contributed by atoms with Crippen LogP contribution in [-0.4, -0.2) is 33.5 Å². The maximum Gasteiger partial charge on any atom is 0.303 e. The van der Waals surface area contributed by atoms with Crippen LogP contribution >= 0.6 is 0 Å². The number of oxazole rings is 1. The molecule has 2 aromatic carbocycles. The zero-order chi connectivity index (χ0) is 23.4. The van der Waals surface area contributed by atoms with Crippen LogP contribution in [0.1, 0.15) is 47.9 Å². The Balaban J connectivity index is 1.48. The minimum Gasteiger partial charge on any atom is -0.493 e. The van der Waals surface area contributed by atoms with Crippen molar-refractivity contribution in [2.45, 2.75) is 52.6 Å². The Labute approximate surface area is 193 Å². The van der Waals surface area contributed by atoms with Crippen molar-refractivity contribution in [2.24, 2.45) is 0 Å². The van der Waals surface area contributed by atoms with Crippen LogP contribution in [0.2, 0.25) is 0 Å². The normalized spacial score (nSPS) is 12.6. The molecule has 0 saturated carbocycles. The predicted octanol–water partition coefficient (Wildman–Crippen LogP) is 4.54. The Hall–Kier alpha value is -3.61. The van der Waals surface area contributed by atoms with Gasteiger partial charge in [-0.2, -0.15) is 0 Å². The summed E-state index contributed by atoms with van der Waals surface area (Å²) in [6.07, 6.45) is 1.52. The summed E-state index contributed by atoms with van der Waals surface area (Å²) in [6, 6.07) is 13.6. The average molecular weight is 449 g/mol. The van der Waals surface area contributed by atoms with Gasteiger partial charge in [-0.25, -0.2) is 4.98 Å². The quantitative estimate of drug-likeness (QED) is 0.517. The summed E-state index contributed by atoms with van der Waals surface area (Å²) in [5, 5.41) is 9.07. The first-order valence-electron chi connectivity index (χ1n) is 11.2. The molecule has 0 fully saturated rings. The molecule has 1 aliphatic heterocycles. The third-order valence-electron chi connectivity index (χ3n) is 5.96. The Kier molecular flexibility index (Phi) is 6.77. The van der Waals surface area contributed by atoms with Gasteiger partial charge in [0.1, 0.15) is 11.5 Å². The molecular weight excluding hydrogens is 420 g/mol. The van der Waals surface area contributed by atoms with E-state index in [0.717, 1.165) is 39.5 Å². The van der Waals surface area contributed by atoms with E-state index in [1.807, 2.05) is 56.3 Å². The van der Waals surface area contributed by atoms with E-state index in [9.17, 15) is 9.59 Å². The molecular formula is C26H28N2O5. The minimum atomic E-state index is -0.832. The molecule has 0 unspecified atom stereocenters. The molecule has 33 heavy (non-hydrogen) atoms. The van der Waals surface area contributed by atoms with E-state index >= 15 is 0 Å². The molecule has 0 aliphatic carbocycles. The number of carbonyl (C=O) groups excluding carboxylic acids is 1. The molecule has 4 rings (SSSR count). The molecule has 1 amide bonds. The standard InChI is InChI=1S/C26H28N2O5/c1-3-24(29)28-15-20-18(10-12-25(30)31)9-11-23(21(20)16-28)32-14-13-22-17(2)33-26(27-22)19-7-5-4-6-8-19/h4-9,11H,3,10,12-16H2,1-2H3,(H,30,31). The number of aromatic nitrogens is 1. The van der Waals surface area contributed by atoms with E-state index in [1.54, 1.807) is 4.90 Å². The van der Waals surface area contributed by atoms with Crippen LogP contribution in [0.4, 0.5) is 0 Å². The lowest BCUT2D eigenvalue weighted by Gasteiger charge is -2.14. The van der Waals surface area contributed by atoms with Crippen LogP contribution < -0.4 is 4.74 Å². The number of nitrogens with zero attached hydrogens (tertiary/aromatic N) is 2. The van der Waals surface area contributed by atoms with Crippen molar-refractivity contribution in [3.05, 3.63) is 70.6 Å². The molecule has 0 radical (unpaired) electrons. The number of hydrogen-bond donors (Lipinski definition) is 1. The Morgan fingerprint density at radius 3 is 2.58 bits per heavy atom. The van der Waals surface area contributed by atoms with Gasteiger partial charge in [-0.3, -0.25) is 9.59 Å². The fourth-order valence-corrected chi connectivity index (χ4v) is 4.16. The number of amides is 1. The number of aryl methyl sites for hydroxylation is 2. The van der Waals surface area contributed by atoms with E-state index in [2.05, 4.69) is 4.98 Å². The number of ether oxygens (including phenoxy) is 1. The fraction of sp³-hybridized carbons (Fsp3) is 0.346. The number of carboxylic acid groups (broad SMARTS) is 1. The average Bonchev–Trinajstić information content (AvgIpc) is 3.43. The topological polar surface area (TPSA) is 92.9 Å². The van der Waals surface area contributed by atoms with Crippen molar-refractivity contribution < 1.29 is 23.8 Å². The zero-order valence-electron chi connectivity index (χ0n) is 19.0. The summed E-state index contributed by atoms with van der Waals surface area (Å²) in [5.41, 5.74) is 4.74. The molecule has 3 aromatic rings. The van der Waals surface area contributed by atoms with Crippen LogP contribution in [0, 0.1) is 6.92 Å². The van der Waals surface area contributed by atoms with Gasteiger partial charge in [0.25, 0.3) is 0 Å². The summed E-state index contributed by atoms with van der Waals surface area (Å²) in [4.78, 5) is 29.8. The van der Waals surface area contributed by atoms with E-state index in [-0.39, 0.29) is 12.3 Å². The first kappa shape index (κ1) is 22.6. The molecule has 7 heteroatoms.